The number of hydrogen-bond donors (Lipinski definition) is 1. The maximum Gasteiger partial charge on any atom is 0.246 e. The van der Waals surface area contributed by atoms with E-state index in [0.29, 0.717) is 18.6 Å². The molecule has 1 N–H and O–H groups in total. The highest BCUT2D eigenvalue weighted by atomic mass is 16.5. The lowest BCUT2D eigenvalue weighted by molar-refractivity contribution is -0.137. The summed E-state index contributed by atoms with van der Waals surface area (Å²) >= 11 is 0. The van der Waals surface area contributed by atoms with Crippen molar-refractivity contribution in [1.82, 2.24) is 10.2 Å². The molecule has 0 aromatic heterocycles. The van der Waals surface area contributed by atoms with Crippen LogP contribution in [0.2, 0.25) is 0 Å². The van der Waals surface area contributed by atoms with E-state index in [2.05, 4.69) is 24.1 Å². The van der Waals surface area contributed by atoms with Crippen molar-refractivity contribution in [1.29, 1.82) is 0 Å². The minimum atomic E-state index is 0.0168. The molecule has 0 spiro atoms. The largest absolute Gasteiger partial charge is 0.365 e. The van der Waals surface area contributed by atoms with Crippen LogP contribution < -0.4 is 5.32 Å². The summed E-state index contributed by atoms with van der Waals surface area (Å²) in [4.78, 5) is 13.6. The smallest absolute Gasteiger partial charge is 0.246 e. The summed E-state index contributed by atoms with van der Waals surface area (Å²) in [5.74, 6) is 0.0168. The van der Waals surface area contributed by atoms with Crippen molar-refractivity contribution in [2.75, 3.05) is 19.7 Å². The molecule has 0 bridgehead atoms. The number of carbonyl (C=O) groups is 1. The fourth-order valence-electron chi connectivity index (χ4n) is 2.77. The summed E-state index contributed by atoms with van der Waals surface area (Å²) in [5.41, 5.74) is 0. The standard InChI is InChI=1S/C12H22N2O2/c1-9(2)14-6-4-3-5-10(14)11-7-13-12(15)8-16-11/h9-11H,3-8H2,1-2H3,(H,13,15). The van der Waals surface area contributed by atoms with Gasteiger partial charge in [-0.2, -0.15) is 0 Å². The number of likely N-dealkylation sites (tertiary alicyclic amines) is 1. The minimum Gasteiger partial charge on any atom is -0.365 e. The molecule has 16 heavy (non-hydrogen) atoms. The van der Waals surface area contributed by atoms with Crippen LogP contribution in [0.25, 0.3) is 0 Å². The summed E-state index contributed by atoms with van der Waals surface area (Å²) < 4.78 is 5.66. The van der Waals surface area contributed by atoms with Gasteiger partial charge in [-0.25, -0.2) is 0 Å². The first kappa shape index (κ1) is 11.9. The predicted molar refractivity (Wildman–Crippen MR) is 62.2 cm³/mol. The molecule has 2 unspecified atom stereocenters. The van der Waals surface area contributed by atoms with E-state index in [1.807, 2.05) is 0 Å². The Morgan fingerprint density at radius 3 is 2.88 bits per heavy atom. The van der Waals surface area contributed by atoms with Crippen LogP contribution in [0.1, 0.15) is 33.1 Å². The molecule has 2 heterocycles. The zero-order valence-electron chi connectivity index (χ0n) is 10.2. The van der Waals surface area contributed by atoms with Crippen LogP contribution in [0.3, 0.4) is 0 Å². The number of hydrogen-bond acceptors (Lipinski definition) is 3. The Hall–Kier alpha value is -0.610. The second kappa shape index (κ2) is 5.15. The predicted octanol–water partition coefficient (Wildman–Crippen LogP) is 0.764. The molecule has 4 heteroatoms. The van der Waals surface area contributed by atoms with E-state index in [0.717, 1.165) is 6.54 Å². The highest BCUT2D eigenvalue weighted by molar-refractivity contribution is 5.77. The van der Waals surface area contributed by atoms with Gasteiger partial charge < -0.3 is 10.1 Å². The van der Waals surface area contributed by atoms with Crippen LogP contribution in [-0.4, -0.2) is 48.7 Å². The molecule has 0 radical (unpaired) electrons. The van der Waals surface area contributed by atoms with Crippen molar-refractivity contribution in [2.45, 2.75) is 51.3 Å². The molecular formula is C12H22N2O2. The molecule has 0 aromatic carbocycles. The maximum absolute atomic E-state index is 11.1. The van der Waals surface area contributed by atoms with E-state index >= 15 is 0 Å². The maximum atomic E-state index is 11.1. The van der Waals surface area contributed by atoms with Crippen LogP contribution in [0.15, 0.2) is 0 Å². The second-order valence-electron chi connectivity index (χ2n) is 5.05. The van der Waals surface area contributed by atoms with E-state index in [1.165, 1.54) is 19.3 Å². The number of nitrogens with zero attached hydrogens (tertiary/aromatic N) is 1. The molecular weight excluding hydrogens is 204 g/mol. The Bertz CT molecular complexity index is 245. The molecule has 0 saturated carbocycles. The third-order valence-corrected chi connectivity index (χ3v) is 3.61. The summed E-state index contributed by atoms with van der Waals surface area (Å²) in [7, 11) is 0. The second-order valence-corrected chi connectivity index (χ2v) is 5.05. The Morgan fingerprint density at radius 2 is 2.25 bits per heavy atom. The van der Waals surface area contributed by atoms with Gasteiger partial charge >= 0.3 is 0 Å². The van der Waals surface area contributed by atoms with E-state index in [9.17, 15) is 4.79 Å². The first-order chi connectivity index (χ1) is 7.68. The Kier molecular flexibility index (Phi) is 3.82. The summed E-state index contributed by atoms with van der Waals surface area (Å²) in [6.45, 7) is 6.54. The van der Waals surface area contributed by atoms with Gasteiger partial charge in [0.2, 0.25) is 5.91 Å². The van der Waals surface area contributed by atoms with Crippen molar-refractivity contribution in [2.24, 2.45) is 0 Å². The van der Waals surface area contributed by atoms with Gasteiger partial charge in [0.1, 0.15) is 6.61 Å². The molecule has 4 nitrogen and oxygen atoms in total. The zero-order valence-corrected chi connectivity index (χ0v) is 10.2. The lowest BCUT2D eigenvalue weighted by atomic mass is 9.95. The Labute approximate surface area is 97.3 Å². The number of nitrogens with one attached hydrogen (secondary N) is 1. The highest BCUT2D eigenvalue weighted by Crippen LogP contribution is 2.24. The molecule has 2 saturated heterocycles. The summed E-state index contributed by atoms with van der Waals surface area (Å²) in [6.07, 6.45) is 3.94. The molecule has 92 valence electrons. The van der Waals surface area contributed by atoms with Crippen LogP contribution in [0, 0.1) is 0 Å². The lowest BCUT2D eigenvalue weighted by Gasteiger charge is -2.43. The number of ether oxygens (including phenoxy) is 1. The van der Waals surface area contributed by atoms with Crippen molar-refractivity contribution in [3.8, 4) is 0 Å². The van der Waals surface area contributed by atoms with Crippen LogP contribution in [0.4, 0.5) is 0 Å². The van der Waals surface area contributed by atoms with Crippen molar-refractivity contribution in [3.63, 3.8) is 0 Å². The van der Waals surface area contributed by atoms with E-state index < -0.39 is 0 Å². The van der Waals surface area contributed by atoms with Gasteiger partial charge in [0, 0.05) is 18.6 Å². The van der Waals surface area contributed by atoms with Gasteiger partial charge in [-0.15, -0.1) is 0 Å². The summed E-state index contributed by atoms with van der Waals surface area (Å²) in [6, 6.07) is 1.04. The SMILES string of the molecule is CC(C)N1CCCCC1C1CNC(=O)CO1. The average Bonchev–Trinajstić information content (AvgIpc) is 2.30. The molecule has 0 aromatic rings. The quantitative estimate of drug-likeness (QED) is 0.756. The van der Waals surface area contributed by atoms with Crippen molar-refractivity contribution < 1.29 is 9.53 Å². The number of amides is 1. The van der Waals surface area contributed by atoms with Gasteiger partial charge in [0.05, 0.1) is 6.10 Å². The molecule has 2 aliphatic rings. The lowest BCUT2D eigenvalue weighted by Crippen LogP contribution is -2.57. The first-order valence-electron chi connectivity index (χ1n) is 6.32. The van der Waals surface area contributed by atoms with Gasteiger partial charge in [0.15, 0.2) is 0 Å². The topological polar surface area (TPSA) is 41.6 Å². The molecule has 2 fully saturated rings. The van der Waals surface area contributed by atoms with Crippen LogP contribution >= 0.6 is 0 Å². The first-order valence-corrected chi connectivity index (χ1v) is 6.32. The third-order valence-electron chi connectivity index (χ3n) is 3.61. The van der Waals surface area contributed by atoms with Gasteiger partial charge in [-0.1, -0.05) is 6.42 Å². The number of carbonyl (C=O) groups excluding carboxylic acids is 1. The molecule has 2 atom stereocenters. The normalized spacial score (nSPS) is 32.8. The van der Waals surface area contributed by atoms with E-state index in [4.69, 9.17) is 4.74 Å². The summed E-state index contributed by atoms with van der Waals surface area (Å²) in [5, 5.41) is 2.90. The fraction of sp³-hybridized carbons (Fsp3) is 0.917. The van der Waals surface area contributed by atoms with E-state index in [1.54, 1.807) is 0 Å². The Morgan fingerprint density at radius 1 is 1.44 bits per heavy atom. The number of piperidine rings is 1. The molecule has 2 aliphatic heterocycles. The van der Waals surface area contributed by atoms with Crippen molar-refractivity contribution >= 4 is 5.91 Å². The zero-order chi connectivity index (χ0) is 11.5. The van der Waals surface area contributed by atoms with Crippen LogP contribution in [-0.2, 0) is 9.53 Å². The van der Waals surface area contributed by atoms with Crippen molar-refractivity contribution in [3.05, 3.63) is 0 Å². The van der Waals surface area contributed by atoms with Gasteiger partial charge in [-0.3, -0.25) is 9.69 Å². The third kappa shape index (κ3) is 2.55. The highest BCUT2D eigenvalue weighted by Gasteiger charge is 2.34. The average molecular weight is 226 g/mol. The van der Waals surface area contributed by atoms with Gasteiger partial charge in [0.25, 0.3) is 0 Å². The van der Waals surface area contributed by atoms with E-state index in [-0.39, 0.29) is 18.6 Å². The molecule has 0 aliphatic carbocycles. The number of rotatable bonds is 2. The molecule has 1 amide bonds. The Balaban J connectivity index is 1.97. The van der Waals surface area contributed by atoms with Gasteiger partial charge in [-0.05, 0) is 33.2 Å². The minimum absolute atomic E-state index is 0.0168. The van der Waals surface area contributed by atoms with Crippen LogP contribution in [0.5, 0.6) is 0 Å². The fourth-order valence-corrected chi connectivity index (χ4v) is 2.77. The monoisotopic (exact) mass is 226 g/mol. The molecule has 2 rings (SSSR count). The number of morpholine rings is 1.